The van der Waals surface area contributed by atoms with Crippen LogP contribution < -0.4 is 0 Å². The van der Waals surface area contributed by atoms with Gasteiger partial charge in [-0.1, -0.05) is 12.5 Å². The van der Waals surface area contributed by atoms with Crippen molar-refractivity contribution in [3.05, 3.63) is 30.1 Å². The van der Waals surface area contributed by atoms with E-state index in [1.54, 1.807) is 0 Å². The maximum absolute atomic E-state index is 13.1. The van der Waals surface area contributed by atoms with Gasteiger partial charge in [-0.2, -0.15) is 0 Å². The highest BCUT2D eigenvalue weighted by atomic mass is 16.5. The van der Waals surface area contributed by atoms with E-state index in [4.69, 9.17) is 4.74 Å². The Labute approximate surface area is 144 Å². The fourth-order valence-corrected chi connectivity index (χ4v) is 4.89. The van der Waals surface area contributed by atoms with Crippen molar-refractivity contribution in [3.8, 4) is 0 Å². The number of carbonyl (C=O) groups is 1. The van der Waals surface area contributed by atoms with Gasteiger partial charge in [0.25, 0.3) is 0 Å². The van der Waals surface area contributed by atoms with Crippen molar-refractivity contribution in [2.24, 2.45) is 11.3 Å². The second-order valence-corrected chi connectivity index (χ2v) is 7.57. The van der Waals surface area contributed by atoms with E-state index >= 15 is 0 Å². The number of amides is 1. The summed E-state index contributed by atoms with van der Waals surface area (Å²) in [5, 5.41) is 0. The van der Waals surface area contributed by atoms with Crippen LogP contribution in [0.1, 0.15) is 31.2 Å². The predicted octanol–water partition coefficient (Wildman–Crippen LogP) is 1.93. The van der Waals surface area contributed by atoms with Gasteiger partial charge in [0.05, 0.1) is 13.2 Å². The molecule has 0 N–H and O–H groups in total. The number of hydrogen-bond acceptors (Lipinski definition) is 4. The zero-order chi connectivity index (χ0) is 16.4. The molecule has 24 heavy (non-hydrogen) atoms. The fraction of sp³-hybridized carbons (Fsp3) is 0.684. The van der Waals surface area contributed by atoms with Crippen LogP contribution in [0, 0.1) is 11.3 Å². The highest BCUT2D eigenvalue weighted by Crippen LogP contribution is 2.50. The van der Waals surface area contributed by atoms with E-state index in [1.807, 2.05) is 23.4 Å². The third-order valence-electron chi connectivity index (χ3n) is 6.12. The van der Waals surface area contributed by atoms with Gasteiger partial charge in [-0.3, -0.25) is 14.7 Å². The predicted molar refractivity (Wildman–Crippen MR) is 91.3 cm³/mol. The molecule has 0 bridgehead atoms. The van der Waals surface area contributed by atoms with E-state index in [0.29, 0.717) is 19.1 Å². The maximum atomic E-state index is 13.1. The highest BCUT2D eigenvalue weighted by Gasteiger charge is 2.51. The molecule has 1 saturated carbocycles. The summed E-state index contributed by atoms with van der Waals surface area (Å²) in [6.45, 7) is 6.03. The number of pyridine rings is 1. The van der Waals surface area contributed by atoms with Gasteiger partial charge in [-0.05, 0) is 42.9 Å². The monoisotopic (exact) mass is 329 g/mol. The smallest absolute Gasteiger partial charge is 0.226 e. The number of morpholine rings is 1. The molecule has 0 unspecified atom stereocenters. The molecule has 5 heteroatoms. The average Bonchev–Trinajstić information content (AvgIpc) is 3.23. The largest absolute Gasteiger partial charge is 0.378 e. The average molecular weight is 329 g/mol. The van der Waals surface area contributed by atoms with Gasteiger partial charge in [0.2, 0.25) is 5.91 Å². The molecule has 3 fully saturated rings. The van der Waals surface area contributed by atoms with Gasteiger partial charge in [0.1, 0.15) is 0 Å². The molecule has 1 aliphatic carbocycles. The summed E-state index contributed by atoms with van der Waals surface area (Å²) in [6, 6.07) is 4.14. The lowest BCUT2D eigenvalue weighted by Crippen LogP contribution is -2.47. The topological polar surface area (TPSA) is 45.7 Å². The molecule has 1 spiro atoms. The van der Waals surface area contributed by atoms with Crippen LogP contribution in [0.25, 0.3) is 0 Å². The second-order valence-electron chi connectivity index (χ2n) is 7.57. The minimum atomic E-state index is 0.206. The quantitative estimate of drug-likeness (QED) is 0.850. The molecular formula is C19H27N3O2. The summed E-state index contributed by atoms with van der Waals surface area (Å²) >= 11 is 0. The highest BCUT2D eigenvalue weighted by molar-refractivity contribution is 5.80. The van der Waals surface area contributed by atoms with Crippen LogP contribution in [0.5, 0.6) is 0 Å². The number of likely N-dealkylation sites (tertiary alicyclic amines) is 1. The van der Waals surface area contributed by atoms with Crippen LogP contribution in [0.15, 0.2) is 24.5 Å². The summed E-state index contributed by atoms with van der Waals surface area (Å²) in [6.07, 6.45) is 8.41. The second kappa shape index (κ2) is 6.81. The minimum absolute atomic E-state index is 0.206. The van der Waals surface area contributed by atoms with Gasteiger partial charge in [-0.15, -0.1) is 0 Å². The Morgan fingerprint density at radius 3 is 2.96 bits per heavy atom. The third-order valence-corrected chi connectivity index (χ3v) is 6.12. The zero-order valence-corrected chi connectivity index (χ0v) is 14.3. The molecule has 5 nitrogen and oxygen atoms in total. The van der Waals surface area contributed by atoms with Gasteiger partial charge >= 0.3 is 0 Å². The van der Waals surface area contributed by atoms with Crippen LogP contribution in [-0.4, -0.2) is 60.1 Å². The normalized spacial score (nSPS) is 31.0. The van der Waals surface area contributed by atoms with Gasteiger partial charge < -0.3 is 9.64 Å². The lowest BCUT2D eigenvalue weighted by molar-refractivity contribution is -0.143. The van der Waals surface area contributed by atoms with Crippen molar-refractivity contribution >= 4 is 5.91 Å². The third kappa shape index (κ3) is 3.07. The molecule has 2 aliphatic heterocycles. The molecule has 3 heterocycles. The van der Waals surface area contributed by atoms with Crippen molar-refractivity contribution < 1.29 is 9.53 Å². The van der Waals surface area contributed by atoms with Crippen LogP contribution in [0.4, 0.5) is 0 Å². The van der Waals surface area contributed by atoms with Crippen LogP contribution in [0.3, 0.4) is 0 Å². The fourth-order valence-electron chi connectivity index (χ4n) is 4.89. The molecule has 2 saturated heterocycles. The molecule has 0 radical (unpaired) electrons. The van der Waals surface area contributed by atoms with Crippen LogP contribution in [-0.2, 0) is 16.1 Å². The molecule has 1 amide bonds. The van der Waals surface area contributed by atoms with E-state index in [1.165, 1.54) is 18.4 Å². The number of hydrogen-bond donors (Lipinski definition) is 0. The first kappa shape index (κ1) is 16.0. The first-order valence-electron chi connectivity index (χ1n) is 9.25. The lowest BCUT2D eigenvalue weighted by Gasteiger charge is -2.36. The van der Waals surface area contributed by atoms with Crippen molar-refractivity contribution in [1.29, 1.82) is 0 Å². The first-order valence-corrected chi connectivity index (χ1v) is 9.25. The molecule has 2 atom stereocenters. The summed E-state index contributed by atoms with van der Waals surface area (Å²) in [5.41, 5.74) is 1.47. The van der Waals surface area contributed by atoms with Crippen molar-refractivity contribution in [1.82, 2.24) is 14.8 Å². The van der Waals surface area contributed by atoms with Crippen LogP contribution >= 0.6 is 0 Å². The Kier molecular flexibility index (Phi) is 4.55. The summed E-state index contributed by atoms with van der Waals surface area (Å²) in [7, 11) is 0. The number of nitrogens with zero attached hydrogens (tertiary/aromatic N) is 3. The summed E-state index contributed by atoms with van der Waals surface area (Å²) in [5.74, 6) is 0.605. The van der Waals surface area contributed by atoms with Crippen LogP contribution in [0.2, 0.25) is 0 Å². The number of aromatic nitrogens is 1. The maximum Gasteiger partial charge on any atom is 0.226 e. The van der Waals surface area contributed by atoms with E-state index < -0.39 is 0 Å². The van der Waals surface area contributed by atoms with Gasteiger partial charge in [-0.25, -0.2) is 0 Å². The zero-order valence-electron chi connectivity index (χ0n) is 14.3. The van der Waals surface area contributed by atoms with Gasteiger partial charge in [0, 0.05) is 44.5 Å². The van der Waals surface area contributed by atoms with Crippen molar-refractivity contribution in [2.45, 2.75) is 32.2 Å². The standard InChI is InChI=1S/C19H27N3O2/c23-18(22-9-11-24-12-10-22)17-4-1-5-19(17)6-8-21(15-19)14-16-3-2-7-20-13-16/h2-3,7,13,17H,1,4-6,8-12,14-15H2/t17-,19+/m1/s1. The molecule has 130 valence electrons. The van der Waals surface area contributed by atoms with E-state index in [9.17, 15) is 4.79 Å². The summed E-state index contributed by atoms with van der Waals surface area (Å²) in [4.78, 5) is 21.9. The molecule has 0 aromatic carbocycles. The Morgan fingerprint density at radius 2 is 2.17 bits per heavy atom. The molecular weight excluding hydrogens is 302 g/mol. The van der Waals surface area contributed by atoms with E-state index in [2.05, 4.69) is 16.0 Å². The lowest BCUT2D eigenvalue weighted by atomic mass is 9.76. The molecule has 3 aliphatic rings. The number of carbonyl (C=O) groups excluding carboxylic acids is 1. The van der Waals surface area contributed by atoms with Gasteiger partial charge in [0.15, 0.2) is 0 Å². The SMILES string of the molecule is O=C([C@H]1CCC[C@@]12CCN(Cc1cccnc1)C2)N1CCOCC1. The Balaban J connectivity index is 1.43. The number of rotatable bonds is 3. The van der Waals surface area contributed by atoms with Crippen molar-refractivity contribution in [3.63, 3.8) is 0 Å². The number of ether oxygens (including phenoxy) is 1. The van der Waals surface area contributed by atoms with E-state index in [-0.39, 0.29) is 11.3 Å². The molecule has 1 aromatic heterocycles. The first-order chi connectivity index (χ1) is 11.8. The minimum Gasteiger partial charge on any atom is -0.378 e. The summed E-state index contributed by atoms with van der Waals surface area (Å²) < 4.78 is 5.40. The Hall–Kier alpha value is -1.46. The molecule has 1 aromatic rings. The van der Waals surface area contributed by atoms with Crippen molar-refractivity contribution in [2.75, 3.05) is 39.4 Å². The Bertz CT molecular complexity index is 573. The Morgan fingerprint density at radius 1 is 1.29 bits per heavy atom. The van der Waals surface area contributed by atoms with E-state index in [0.717, 1.165) is 45.6 Å². The molecule has 4 rings (SSSR count).